The van der Waals surface area contributed by atoms with Crippen LogP contribution < -0.4 is 10.6 Å². The molecule has 0 saturated carbocycles. The number of carbonyl (C=O) groups excluding carboxylic acids is 2. The van der Waals surface area contributed by atoms with E-state index in [4.69, 9.17) is 0 Å². The summed E-state index contributed by atoms with van der Waals surface area (Å²) in [4.78, 5) is 33.6. The maximum absolute atomic E-state index is 11.8. The SMILES string of the molecule is O=C(CNC(=O)c1ccccc1)NCc1cc([N+](=O)[O-])ccc1O. The molecule has 2 aromatic rings. The van der Waals surface area contributed by atoms with Crippen LogP contribution in [0.4, 0.5) is 5.69 Å². The van der Waals surface area contributed by atoms with Crippen LogP contribution in [-0.4, -0.2) is 28.4 Å². The molecule has 124 valence electrons. The highest BCUT2D eigenvalue weighted by molar-refractivity contribution is 5.96. The molecule has 0 fully saturated rings. The van der Waals surface area contributed by atoms with E-state index in [0.717, 1.165) is 0 Å². The summed E-state index contributed by atoms with van der Waals surface area (Å²) in [5, 5.41) is 25.3. The Hall–Kier alpha value is -3.42. The van der Waals surface area contributed by atoms with Crippen LogP contribution in [0.3, 0.4) is 0 Å². The lowest BCUT2D eigenvalue weighted by molar-refractivity contribution is -0.384. The minimum absolute atomic E-state index is 0.0897. The zero-order valence-electron chi connectivity index (χ0n) is 12.6. The first kappa shape index (κ1) is 16.9. The Balaban J connectivity index is 1.86. The van der Waals surface area contributed by atoms with Gasteiger partial charge >= 0.3 is 0 Å². The van der Waals surface area contributed by atoms with Gasteiger partial charge in [-0.25, -0.2) is 0 Å². The maximum atomic E-state index is 11.8. The molecule has 0 spiro atoms. The van der Waals surface area contributed by atoms with Gasteiger partial charge in [-0.3, -0.25) is 19.7 Å². The zero-order chi connectivity index (χ0) is 17.5. The number of nitro groups is 1. The molecule has 0 aliphatic rings. The molecule has 2 aromatic carbocycles. The van der Waals surface area contributed by atoms with E-state index in [9.17, 15) is 24.8 Å². The van der Waals surface area contributed by atoms with Crippen molar-refractivity contribution in [3.05, 3.63) is 69.8 Å². The van der Waals surface area contributed by atoms with Crippen LogP contribution >= 0.6 is 0 Å². The van der Waals surface area contributed by atoms with E-state index >= 15 is 0 Å². The molecule has 0 unspecified atom stereocenters. The number of phenolic OH excluding ortho intramolecular Hbond substituents is 1. The topological polar surface area (TPSA) is 122 Å². The first-order valence-corrected chi connectivity index (χ1v) is 7.03. The van der Waals surface area contributed by atoms with Gasteiger partial charge in [-0.1, -0.05) is 18.2 Å². The van der Waals surface area contributed by atoms with Crippen LogP contribution in [0.5, 0.6) is 5.75 Å². The smallest absolute Gasteiger partial charge is 0.270 e. The summed E-state index contributed by atoms with van der Waals surface area (Å²) in [5.41, 5.74) is 0.461. The normalized spacial score (nSPS) is 10.0. The Morgan fingerprint density at radius 1 is 1.08 bits per heavy atom. The molecule has 8 heteroatoms. The molecule has 0 atom stereocenters. The predicted molar refractivity (Wildman–Crippen MR) is 85.4 cm³/mol. The van der Waals surface area contributed by atoms with Gasteiger partial charge in [0, 0.05) is 29.8 Å². The number of carbonyl (C=O) groups is 2. The molecule has 3 N–H and O–H groups in total. The van der Waals surface area contributed by atoms with E-state index in [1.165, 1.54) is 18.2 Å². The summed E-state index contributed by atoms with van der Waals surface area (Å²) in [6.07, 6.45) is 0. The number of hydrogen-bond donors (Lipinski definition) is 3. The Bertz CT molecular complexity index is 762. The lowest BCUT2D eigenvalue weighted by Crippen LogP contribution is -2.36. The Kier molecular flexibility index (Phi) is 5.45. The van der Waals surface area contributed by atoms with Gasteiger partial charge in [-0.05, 0) is 18.2 Å². The summed E-state index contributed by atoms with van der Waals surface area (Å²) in [5.74, 6) is -1.02. The molecular formula is C16H15N3O5. The van der Waals surface area contributed by atoms with Gasteiger partial charge in [0.1, 0.15) is 5.75 Å². The molecular weight excluding hydrogens is 314 g/mol. The van der Waals surface area contributed by atoms with Crippen LogP contribution in [0.1, 0.15) is 15.9 Å². The Morgan fingerprint density at radius 3 is 2.46 bits per heavy atom. The fourth-order valence-electron chi connectivity index (χ4n) is 1.94. The fourth-order valence-corrected chi connectivity index (χ4v) is 1.94. The number of nitro benzene ring substituents is 1. The number of amides is 2. The van der Waals surface area contributed by atoms with Gasteiger partial charge in [0.25, 0.3) is 11.6 Å². The lowest BCUT2D eigenvalue weighted by Gasteiger charge is -2.08. The second kappa shape index (κ2) is 7.73. The van der Waals surface area contributed by atoms with Crippen LogP contribution in [0, 0.1) is 10.1 Å². The third-order valence-electron chi connectivity index (χ3n) is 3.20. The quantitative estimate of drug-likeness (QED) is 0.545. The van der Waals surface area contributed by atoms with Crippen molar-refractivity contribution in [2.75, 3.05) is 6.54 Å². The first-order valence-electron chi connectivity index (χ1n) is 7.03. The molecule has 8 nitrogen and oxygen atoms in total. The minimum atomic E-state index is -0.592. The number of benzene rings is 2. The van der Waals surface area contributed by atoms with Crippen molar-refractivity contribution in [3.63, 3.8) is 0 Å². The van der Waals surface area contributed by atoms with Crippen LogP contribution in [0.25, 0.3) is 0 Å². The number of phenols is 1. The molecule has 0 heterocycles. The molecule has 0 aliphatic heterocycles. The van der Waals surface area contributed by atoms with Crippen molar-refractivity contribution in [3.8, 4) is 5.75 Å². The highest BCUT2D eigenvalue weighted by Crippen LogP contribution is 2.22. The number of nitrogens with one attached hydrogen (secondary N) is 2. The molecule has 24 heavy (non-hydrogen) atoms. The van der Waals surface area contributed by atoms with Crippen molar-refractivity contribution in [2.24, 2.45) is 0 Å². The van der Waals surface area contributed by atoms with E-state index in [1.807, 2.05) is 0 Å². The number of hydrogen-bond acceptors (Lipinski definition) is 5. The molecule has 0 aliphatic carbocycles. The van der Waals surface area contributed by atoms with Gasteiger partial charge in [0.15, 0.2) is 0 Å². The van der Waals surface area contributed by atoms with Gasteiger partial charge in [-0.15, -0.1) is 0 Å². The Morgan fingerprint density at radius 2 is 1.79 bits per heavy atom. The molecule has 2 amide bonds. The minimum Gasteiger partial charge on any atom is -0.508 e. The fraction of sp³-hybridized carbons (Fsp3) is 0.125. The van der Waals surface area contributed by atoms with Gasteiger partial charge in [0.05, 0.1) is 11.5 Å². The van der Waals surface area contributed by atoms with Gasteiger partial charge < -0.3 is 15.7 Å². The summed E-state index contributed by atoms with van der Waals surface area (Å²) in [6.45, 7) is -0.336. The summed E-state index contributed by atoms with van der Waals surface area (Å²) in [7, 11) is 0. The van der Waals surface area contributed by atoms with Crippen LogP contribution in [-0.2, 0) is 11.3 Å². The first-order chi connectivity index (χ1) is 11.5. The highest BCUT2D eigenvalue weighted by atomic mass is 16.6. The molecule has 0 bridgehead atoms. The van der Waals surface area contributed by atoms with E-state index in [2.05, 4.69) is 10.6 Å². The number of nitrogens with zero attached hydrogens (tertiary/aromatic N) is 1. The summed E-state index contributed by atoms with van der Waals surface area (Å²) >= 11 is 0. The average molecular weight is 329 g/mol. The summed E-state index contributed by atoms with van der Waals surface area (Å²) < 4.78 is 0. The lowest BCUT2D eigenvalue weighted by atomic mass is 10.1. The van der Waals surface area contributed by atoms with Crippen molar-refractivity contribution >= 4 is 17.5 Å². The van der Waals surface area contributed by atoms with E-state index < -0.39 is 10.8 Å². The molecule has 2 rings (SSSR count). The van der Waals surface area contributed by atoms with Crippen molar-refractivity contribution in [2.45, 2.75) is 6.54 Å². The van der Waals surface area contributed by atoms with Crippen LogP contribution in [0.2, 0.25) is 0 Å². The predicted octanol–water partition coefficient (Wildman–Crippen LogP) is 1.35. The number of rotatable bonds is 6. The number of non-ortho nitro benzene ring substituents is 1. The molecule has 0 radical (unpaired) electrons. The van der Waals surface area contributed by atoms with Crippen LogP contribution in [0.15, 0.2) is 48.5 Å². The highest BCUT2D eigenvalue weighted by Gasteiger charge is 2.12. The van der Waals surface area contributed by atoms with Gasteiger partial charge in [-0.2, -0.15) is 0 Å². The monoisotopic (exact) mass is 329 g/mol. The summed E-state index contributed by atoms with van der Waals surface area (Å²) in [6, 6.07) is 12.0. The maximum Gasteiger partial charge on any atom is 0.270 e. The molecule has 0 aromatic heterocycles. The van der Waals surface area contributed by atoms with E-state index in [1.54, 1.807) is 30.3 Å². The van der Waals surface area contributed by atoms with Crippen molar-refractivity contribution in [1.82, 2.24) is 10.6 Å². The van der Waals surface area contributed by atoms with E-state index in [0.29, 0.717) is 5.56 Å². The Labute approximate surface area is 137 Å². The third kappa shape index (κ3) is 4.54. The largest absolute Gasteiger partial charge is 0.508 e. The standard InChI is InChI=1S/C16H15N3O5/c20-14-7-6-13(19(23)24)8-12(14)9-17-15(21)10-18-16(22)11-4-2-1-3-5-11/h1-8,20H,9-10H2,(H,17,21)(H,18,22). The van der Waals surface area contributed by atoms with Crippen molar-refractivity contribution in [1.29, 1.82) is 0 Å². The number of aromatic hydroxyl groups is 1. The second-order valence-electron chi connectivity index (χ2n) is 4.90. The van der Waals surface area contributed by atoms with Crippen molar-refractivity contribution < 1.29 is 19.6 Å². The van der Waals surface area contributed by atoms with Gasteiger partial charge in [0.2, 0.25) is 5.91 Å². The third-order valence-corrected chi connectivity index (χ3v) is 3.20. The zero-order valence-corrected chi connectivity index (χ0v) is 12.6. The van der Waals surface area contributed by atoms with E-state index in [-0.39, 0.29) is 36.0 Å². The average Bonchev–Trinajstić information content (AvgIpc) is 2.59. The molecule has 0 saturated heterocycles. The second-order valence-corrected chi connectivity index (χ2v) is 4.90.